The summed E-state index contributed by atoms with van der Waals surface area (Å²) in [7, 11) is 0. The van der Waals surface area contributed by atoms with Crippen molar-refractivity contribution in [3.8, 4) is 0 Å². The number of rotatable bonds is 2. The first-order valence-electron chi connectivity index (χ1n) is 4.97. The van der Waals surface area contributed by atoms with Crippen molar-refractivity contribution >= 4 is 11.6 Å². The predicted octanol–water partition coefficient (Wildman–Crippen LogP) is 2.33. The Kier molecular flexibility index (Phi) is 2.39. The number of ketones is 2. The minimum atomic E-state index is -2.26. The highest BCUT2D eigenvalue weighted by Gasteiger charge is 2.49. The summed E-state index contributed by atoms with van der Waals surface area (Å²) in [5.41, 5.74) is -1.99. The highest BCUT2D eigenvalue weighted by molar-refractivity contribution is 6.18. The number of alkyl halides is 1. The van der Waals surface area contributed by atoms with Gasteiger partial charge in [0.15, 0.2) is 5.78 Å². The third-order valence-corrected chi connectivity index (χ3v) is 2.76. The molecule has 1 atom stereocenters. The van der Waals surface area contributed by atoms with Gasteiger partial charge in [0, 0.05) is 12.0 Å². The van der Waals surface area contributed by atoms with Crippen molar-refractivity contribution in [2.24, 2.45) is 0 Å². The van der Waals surface area contributed by atoms with Crippen molar-refractivity contribution in [1.29, 1.82) is 0 Å². The van der Waals surface area contributed by atoms with E-state index in [0.717, 1.165) is 0 Å². The molecule has 3 heteroatoms. The minimum absolute atomic E-state index is 0.0273. The van der Waals surface area contributed by atoms with Gasteiger partial charge in [0.1, 0.15) is 0 Å². The van der Waals surface area contributed by atoms with Crippen LogP contribution in [0.3, 0.4) is 0 Å². The first kappa shape index (κ1) is 10.0. The van der Waals surface area contributed by atoms with Gasteiger partial charge >= 0.3 is 0 Å². The van der Waals surface area contributed by atoms with Gasteiger partial charge in [0.25, 0.3) is 0 Å². The first-order chi connectivity index (χ1) is 7.14. The van der Waals surface area contributed by atoms with E-state index in [-0.39, 0.29) is 18.4 Å². The molecule has 2 nitrogen and oxygen atoms in total. The Hall–Kier alpha value is -1.51. The molecule has 0 saturated heterocycles. The zero-order valence-electron chi connectivity index (χ0n) is 8.20. The van der Waals surface area contributed by atoms with Gasteiger partial charge in [0.05, 0.1) is 0 Å². The molecule has 1 aliphatic carbocycles. The fraction of sp³-hybridized carbons (Fsp3) is 0.333. The van der Waals surface area contributed by atoms with Gasteiger partial charge in [0.2, 0.25) is 11.5 Å². The van der Waals surface area contributed by atoms with Crippen molar-refractivity contribution < 1.29 is 14.0 Å². The van der Waals surface area contributed by atoms with Gasteiger partial charge < -0.3 is 0 Å². The third-order valence-electron chi connectivity index (χ3n) is 2.76. The summed E-state index contributed by atoms with van der Waals surface area (Å²) in [5.74, 6) is -1.26. The van der Waals surface area contributed by atoms with Crippen LogP contribution < -0.4 is 0 Å². The van der Waals surface area contributed by atoms with E-state index in [2.05, 4.69) is 0 Å². The van der Waals surface area contributed by atoms with Crippen LogP contribution in [0, 0.1) is 0 Å². The molecule has 1 aromatic carbocycles. The molecule has 0 bridgehead atoms. The van der Waals surface area contributed by atoms with E-state index in [1.807, 2.05) is 0 Å². The number of halogens is 1. The first-order valence-corrected chi connectivity index (χ1v) is 4.97. The molecule has 1 aliphatic rings. The summed E-state index contributed by atoms with van der Waals surface area (Å²) < 4.78 is 14.1. The largest absolute Gasteiger partial charge is 0.296 e. The Balaban J connectivity index is 2.33. The maximum absolute atomic E-state index is 14.1. The lowest BCUT2D eigenvalue weighted by atomic mass is 9.92. The summed E-state index contributed by atoms with van der Waals surface area (Å²) >= 11 is 0. The minimum Gasteiger partial charge on any atom is -0.296 e. The lowest BCUT2D eigenvalue weighted by Crippen LogP contribution is -2.37. The maximum atomic E-state index is 14.1. The van der Waals surface area contributed by atoms with E-state index >= 15 is 0 Å². The maximum Gasteiger partial charge on any atom is 0.230 e. The van der Waals surface area contributed by atoms with Crippen molar-refractivity contribution in [1.82, 2.24) is 0 Å². The molecule has 78 valence electrons. The van der Waals surface area contributed by atoms with Gasteiger partial charge in [-0.3, -0.25) is 9.59 Å². The smallest absolute Gasteiger partial charge is 0.230 e. The van der Waals surface area contributed by atoms with Crippen LogP contribution in [-0.4, -0.2) is 17.2 Å². The van der Waals surface area contributed by atoms with Crippen LogP contribution in [0.25, 0.3) is 0 Å². The summed E-state index contributed by atoms with van der Waals surface area (Å²) in [6.07, 6.45) is 0.669. The molecule has 1 saturated carbocycles. The average molecular weight is 206 g/mol. The van der Waals surface area contributed by atoms with Gasteiger partial charge in [-0.25, -0.2) is 4.39 Å². The van der Waals surface area contributed by atoms with E-state index in [0.29, 0.717) is 6.42 Å². The topological polar surface area (TPSA) is 34.1 Å². The molecule has 1 fully saturated rings. The number of benzene rings is 1. The Bertz CT molecular complexity index is 399. The second kappa shape index (κ2) is 3.57. The Morgan fingerprint density at radius 2 is 1.93 bits per heavy atom. The standard InChI is InChI=1S/C12H11FO2/c13-12(8-4-7-10(12)14)11(15)9-5-2-1-3-6-9/h1-3,5-6H,4,7-8H2. The molecule has 0 aliphatic heterocycles. The number of Topliss-reactive ketones (excluding diaryl/α,β-unsaturated/α-hetero) is 2. The predicted molar refractivity (Wildman–Crippen MR) is 53.5 cm³/mol. The highest BCUT2D eigenvalue weighted by Crippen LogP contribution is 2.33. The van der Waals surface area contributed by atoms with Crippen LogP contribution >= 0.6 is 0 Å². The number of carbonyl (C=O) groups excluding carboxylic acids is 2. The van der Waals surface area contributed by atoms with E-state index < -0.39 is 17.2 Å². The molecule has 0 radical (unpaired) electrons. The van der Waals surface area contributed by atoms with E-state index in [1.54, 1.807) is 18.2 Å². The SMILES string of the molecule is O=C1CCCC1(F)C(=O)c1ccccc1. The number of hydrogen-bond donors (Lipinski definition) is 0. The van der Waals surface area contributed by atoms with Crippen molar-refractivity contribution in [2.75, 3.05) is 0 Å². The van der Waals surface area contributed by atoms with Crippen LogP contribution in [-0.2, 0) is 4.79 Å². The Labute approximate surface area is 87.1 Å². The van der Waals surface area contributed by atoms with Gasteiger partial charge in [-0.15, -0.1) is 0 Å². The molecular weight excluding hydrogens is 195 g/mol. The average Bonchev–Trinajstić information content (AvgIpc) is 2.61. The van der Waals surface area contributed by atoms with E-state index in [4.69, 9.17) is 0 Å². The normalized spacial score (nSPS) is 25.5. The fourth-order valence-electron chi connectivity index (χ4n) is 1.89. The molecule has 0 heterocycles. The van der Waals surface area contributed by atoms with Crippen LogP contribution in [0.15, 0.2) is 30.3 Å². The fourth-order valence-corrected chi connectivity index (χ4v) is 1.89. The highest BCUT2D eigenvalue weighted by atomic mass is 19.1. The van der Waals surface area contributed by atoms with Gasteiger partial charge in [-0.2, -0.15) is 0 Å². The van der Waals surface area contributed by atoms with Crippen LogP contribution in [0.4, 0.5) is 4.39 Å². The number of carbonyl (C=O) groups is 2. The lowest BCUT2D eigenvalue weighted by molar-refractivity contribution is -0.124. The van der Waals surface area contributed by atoms with E-state index in [1.165, 1.54) is 12.1 Å². The molecule has 0 amide bonds. The monoisotopic (exact) mass is 206 g/mol. The summed E-state index contributed by atoms with van der Waals surface area (Å²) in [6.45, 7) is 0. The van der Waals surface area contributed by atoms with Crippen LogP contribution in [0.5, 0.6) is 0 Å². The molecule has 2 rings (SSSR count). The van der Waals surface area contributed by atoms with Crippen LogP contribution in [0.2, 0.25) is 0 Å². The lowest BCUT2D eigenvalue weighted by Gasteiger charge is -2.15. The van der Waals surface area contributed by atoms with Crippen LogP contribution in [0.1, 0.15) is 29.6 Å². The Morgan fingerprint density at radius 1 is 1.27 bits per heavy atom. The van der Waals surface area contributed by atoms with Gasteiger partial charge in [-0.1, -0.05) is 30.3 Å². The third kappa shape index (κ3) is 1.58. The molecule has 0 spiro atoms. The summed E-state index contributed by atoms with van der Waals surface area (Å²) in [4.78, 5) is 23.1. The van der Waals surface area contributed by atoms with Crippen molar-refractivity contribution in [2.45, 2.75) is 24.9 Å². The second-order valence-electron chi connectivity index (χ2n) is 3.77. The summed E-state index contributed by atoms with van der Waals surface area (Å²) in [6, 6.07) is 8.15. The van der Waals surface area contributed by atoms with Gasteiger partial charge in [-0.05, 0) is 12.8 Å². The zero-order valence-corrected chi connectivity index (χ0v) is 8.20. The zero-order chi connectivity index (χ0) is 10.9. The molecule has 1 aromatic rings. The quantitative estimate of drug-likeness (QED) is 0.549. The number of hydrogen-bond acceptors (Lipinski definition) is 2. The molecule has 0 N–H and O–H groups in total. The van der Waals surface area contributed by atoms with Crippen molar-refractivity contribution in [3.05, 3.63) is 35.9 Å². The Morgan fingerprint density at radius 3 is 2.47 bits per heavy atom. The van der Waals surface area contributed by atoms with Crippen molar-refractivity contribution in [3.63, 3.8) is 0 Å². The molecule has 1 unspecified atom stereocenters. The summed E-state index contributed by atoms with van der Waals surface area (Å²) in [5, 5.41) is 0. The second-order valence-corrected chi connectivity index (χ2v) is 3.77. The molecule has 0 aromatic heterocycles. The molecular formula is C12H11FO2. The molecule has 15 heavy (non-hydrogen) atoms. The van der Waals surface area contributed by atoms with E-state index in [9.17, 15) is 14.0 Å².